The van der Waals surface area contributed by atoms with E-state index in [-0.39, 0.29) is 17.8 Å². The summed E-state index contributed by atoms with van der Waals surface area (Å²) in [6.07, 6.45) is 4.36. The maximum absolute atomic E-state index is 13.3. The molecule has 1 aliphatic rings. The third kappa shape index (κ3) is 3.42. The van der Waals surface area contributed by atoms with Crippen LogP contribution < -0.4 is 0 Å². The molecular weight excluding hydrogens is 418 g/mol. The van der Waals surface area contributed by atoms with Crippen LogP contribution in [0.1, 0.15) is 24.5 Å². The van der Waals surface area contributed by atoms with E-state index in [0.717, 1.165) is 32.9 Å². The lowest BCUT2D eigenvalue weighted by Gasteiger charge is -2.06. The number of aryl methyl sites for hydroxylation is 1. The van der Waals surface area contributed by atoms with E-state index >= 15 is 0 Å². The van der Waals surface area contributed by atoms with Gasteiger partial charge in [-0.1, -0.05) is 36.4 Å². The number of hydrogen-bond donors (Lipinski definition) is 1. The van der Waals surface area contributed by atoms with E-state index in [1.165, 1.54) is 18.9 Å². The Labute approximate surface area is 190 Å². The Morgan fingerprint density at radius 1 is 0.939 bits per heavy atom. The summed E-state index contributed by atoms with van der Waals surface area (Å²) in [5.41, 5.74) is 4.11. The minimum Gasteiger partial charge on any atom is -0.466 e. The number of esters is 1. The Morgan fingerprint density at radius 2 is 1.61 bits per heavy atom. The standard InChI is InChI=1S/C26H23N3O4/c1-16(30)33-13-7-12-29-15-20(18-9-4-6-11-22(18)29)24-23(25(31)28(2)26(24)32)19-14-27-21-10-5-3-8-17(19)21/h3-6,8-11,14-15,27H,7,12-13H2,1-2H3. The lowest BCUT2D eigenvalue weighted by molar-refractivity contribution is -0.141. The summed E-state index contributed by atoms with van der Waals surface area (Å²) < 4.78 is 7.11. The molecule has 1 aliphatic heterocycles. The molecule has 3 heterocycles. The number of rotatable bonds is 6. The molecule has 166 valence electrons. The summed E-state index contributed by atoms with van der Waals surface area (Å²) in [7, 11) is 1.52. The van der Waals surface area contributed by atoms with E-state index in [9.17, 15) is 14.4 Å². The highest BCUT2D eigenvalue weighted by molar-refractivity contribution is 6.50. The smallest absolute Gasteiger partial charge is 0.302 e. The van der Waals surface area contributed by atoms with Gasteiger partial charge in [0.1, 0.15) is 0 Å². The first kappa shape index (κ1) is 20.8. The number of para-hydroxylation sites is 2. The highest BCUT2D eigenvalue weighted by Crippen LogP contribution is 2.40. The second-order valence-corrected chi connectivity index (χ2v) is 8.11. The maximum Gasteiger partial charge on any atom is 0.302 e. The second kappa shape index (κ2) is 8.09. The van der Waals surface area contributed by atoms with Crippen molar-refractivity contribution in [3.05, 3.63) is 72.1 Å². The van der Waals surface area contributed by atoms with Gasteiger partial charge in [-0.3, -0.25) is 19.3 Å². The topological polar surface area (TPSA) is 84.4 Å². The molecule has 7 heteroatoms. The zero-order valence-corrected chi connectivity index (χ0v) is 18.4. The summed E-state index contributed by atoms with van der Waals surface area (Å²) >= 11 is 0. The fourth-order valence-electron chi connectivity index (χ4n) is 4.50. The average Bonchev–Trinajstić information content (AvgIpc) is 3.46. The molecule has 4 aromatic rings. The third-order valence-electron chi connectivity index (χ3n) is 6.05. The molecule has 0 saturated heterocycles. The van der Waals surface area contributed by atoms with Gasteiger partial charge in [-0.05, 0) is 18.6 Å². The quantitative estimate of drug-likeness (QED) is 0.279. The van der Waals surface area contributed by atoms with Gasteiger partial charge in [0.15, 0.2) is 0 Å². The Morgan fingerprint density at radius 3 is 2.36 bits per heavy atom. The Balaban J connectivity index is 1.67. The number of H-pyrrole nitrogens is 1. The summed E-state index contributed by atoms with van der Waals surface area (Å²) in [5.74, 6) is -0.936. The molecule has 2 aromatic heterocycles. The van der Waals surface area contributed by atoms with Crippen LogP contribution in [-0.2, 0) is 25.7 Å². The van der Waals surface area contributed by atoms with Crippen LogP contribution in [0.15, 0.2) is 60.9 Å². The SMILES string of the molecule is CC(=O)OCCCn1cc(C2=C(c3c[nH]c4ccccc34)C(=O)N(C)C2=O)c2ccccc21. The molecule has 0 fully saturated rings. The van der Waals surface area contributed by atoms with E-state index < -0.39 is 0 Å². The van der Waals surface area contributed by atoms with E-state index in [0.29, 0.717) is 30.7 Å². The molecule has 0 aliphatic carbocycles. The number of likely N-dealkylation sites (N-methyl/N-ethyl adjacent to an activating group) is 1. The fourth-order valence-corrected chi connectivity index (χ4v) is 4.50. The molecule has 1 N–H and O–H groups in total. The van der Waals surface area contributed by atoms with E-state index in [1.54, 1.807) is 6.20 Å². The number of nitrogens with one attached hydrogen (secondary N) is 1. The number of carbonyl (C=O) groups excluding carboxylic acids is 3. The van der Waals surface area contributed by atoms with Gasteiger partial charge in [-0.25, -0.2) is 0 Å². The van der Waals surface area contributed by atoms with Gasteiger partial charge in [0.05, 0.1) is 17.8 Å². The minimum absolute atomic E-state index is 0.306. The van der Waals surface area contributed by atoms with Crippen LogP contribution >= 0.6 is 0 Å². The van der Waals surface area contributed by atoms with Gasteiger partial charge >= 0.3 is 5.97 Å². The number of imide groups is 1. The van der Waals surface area contributed by atoms with Crippen molar-refractivity contribution in [3.8, 4) is 0 Å². The first-order valence-electron chi connectivity index (χ1n) is 10.8. The number of nitrogens with zero attached hydrogens (tertiary/aromatic N) is 2. The van der Waals surface area contributed by atoms with Crippen LogP contribution in [0.2, 0.25) is 0 Å². The van der Waals surface area contributed by atoms with Crippen molar-refractivity contribution in [2.24, 2.45) is 0 Å². The predicted octanol–water partition coefficient (Wildman–Crippen LogP) is 3.99. The number of carbonyl (C=O) groups is 3. The molecule has 2 aromatic carbocycles. The largest absolute Gasteiger partial charge is 0.466 e. The van der Waals surface area contributed by atoms with Crippen molar-refractivity contribution >= 4 is 50.7 Å². The zero-order valence-electron chi connectivity index (χ0n) is 18.4. The van der Waals surface area contributed by atoms with Gasteiger partial charge in [0, 0.05) is 65.8 Å². The highest BCUT2D eigenvalue weighted by Gasteiger charge is 2.39. The number of benzene rings is 2. The maximum atomic E-state index is 13.3. The molecule has 5 rings (SSSR count). The van der Waals surface area contributed by atoms with E-state index in [2.05, 4.69) is 4.98 Å². The Bertz CT molecular complexity index is 1460. The minimum atomic E-state index is -0.317. The second-order valence-electron chi connectivity index (χ2n) is 8.11. The van der Waals surface area contributed by atoms with Crippen molar-refractivity contribution in [1.29, 1.82) is 0 Å². The molecule has 33 heavy (non-hydrogen) atoms. The summed E-state index contributed by atoms with van der Waals surface area (Å²) in [5, 5.41) is 1.79. The molecular formula is C26H23N3O4. The van der Waals surface area contributed by atoms with Gasteiger partial charge in [-0.15, -0.1) is 0 Å². The van der Waals surface area contributed by atoms with Crippen LogP contribution in [0.3, 0.4) is 0 Å². The van der Waals surface area contributed by atoms with E-state index in [1.807, 2.05) is 59.3 Å². The predicted molar refractivity (Wildman–Crippen MR) is 126 cm³/mol. The van der Waals surface area contributed by atoms with Crippen molar-refractivity contribution in [2.75, 3.05) is 13.7 Å². The summed E-state index contributed by atoms with van der Waals surface area (Å²) in [6.45, 7) is 2.32. The number of amides is 2. The molecule has 2 amide bonds. The zero-order chi connectivity index (χ0) is 23.1. The molecule has 0 radical (unpaired) electrons. The fraction of sp³-hybridized carbons (Fsp3) is 0.192. The Hall–Kier alpha value is -4.13. The summed E-state index contributed by atoms with van der Waals surface area (Å²) in [6, 6.07) is 15.5. The number of aromatic nitrogens is 2. The van der Waals surface area contributed by atoms with Crippen LogP contribution in [0.4, 0.5) is 0 Å². The number of ether oxygens (including phenoxy) is 1. The molecule has 0 unspecified atom stereocenters. The van der Waals surface area contributed by atoms with Crippen LogP contribution in [0, 0.1) is 0 Å². The number of fused-ring (bicyclic) bond motifs is 2. The summed E-state index contributed by atoms with van der Waals surface area (Å²) in [4.78, 5) is 42.0. The number of aromatic amines is 1. The van der Waals surface area contributed by atoms with E-state index in [4.69, 9.17) is 4.74 Å². The first-order chi connectivity index (χ1) is 16.0. The first-order valence-corrected chi connectivity index (χ1v) is 10.8. The van der Waals surface area contributed by atoms with Gasteiger partial charge in [0.2, 0.25) is 0 Å². The van der Waals surface area contributed by atoms with Crippen molar-refractivity contribution in [1.82, 2.24) is 14.5 Å². The molecule has 0 spiro atoms. The highest BCUT2D eigenvalue weighted by atomic mass is 16.5. The lowest BCUT2D eigenvalue weighted by atomic mass is 9.95. The monoisotopic (exact) mass is 441 g/mol. The third-order valence-corrected chi connectivity index (χ3v) is 6.05. The molecule has 0 saturated carbocycles. The number of hydrogen-bond acceptors (Lipinski definition) is 4. The van der Waals surface area contributed by atoms with Crippen LogP contribution in [0.5, 0.6) is 0 Å². The normalized spacial score (nSPS) is 14.2. The van der Waals surface area contributed by atoms with Gasteiger partial charge in [0.25, 0.3) is 11.8 Å². The van der Waals surface area contributed by atoms with Crippen LogP contribution in [-0.4, -0.2) is 45.9 Å². The molecule has 0 bridgehead atoms. The van der Waals surface area contributed by atoms with Gasteiger partial charge < -0.3 is 14.3 Å². The average molecular weight is 441 g/mol. The van der Waals surface area contributed by atoms with Gasteiger partial charge in [-0.2, -0.15) is 0 Å². The van der Waals surface area contributed by atoms with Crippen molar-refractivity contribution in [2.45, 2.75) is 19.9 Å². The van der Waals surface area contributed by atoms with Crippen LogP contribution in [0.25, 0.3) is 33.0 Å². The van der Waals surface area contributed by atoms with Crippen molar-refractivity contribution < 1.29 is 19.1 Å². The van der Waals surface area contributed by atoms with Crippen molar-refractivity contribution in [3.63, 3.8) is 0 Å². The Kier molecular flexibility index (Phi) is 5.09. The molecule has 0 atom stereocenters. The lowest BCUT2D eigenvalue weighted by Crippen LogP contribution is -2.26. The molecule has 7 nitrogen and oxygen atoms in total.